The molecule has 7 nitrogen and oxygen atoms in total. The second-order valence-electron chi connectivity index (χ2n) is 9.53. The van der Waals surface area contributed by atoms with Crippen LogP contribution >= 0.6 is 0 Å². The molecule has 0 aliphatic carbocycles. The highest BCUT2D eigenvalue weighted by atomic mass is 16.5. The molecule has 7 heteroatoms. The second kappa shape index (κ2) is 12.1. The van der Waals surface area contributed by atoms with Crippen LogP contribution in [0.15, 0.2) is 42.5 Å². The number of ketones is 1. The first-order chi connectivity index (χ1) is 15.5. The number of cyclic esters (lactones) is 1. The van der Waals surface area contributed by atoms with Gasteiger partial charge >= 0.3 is 5.97 Å². The lowest BCUT2D eigenvalue weighted by Crippen LogP contribution is -2.46. The monoisotopic (exact) mass is 459 g/mol. The minimum absolute atomic E-state index is 0.0902. The number of para-hydroxylation sites is 1. The SMILES string of the molecule is CC1CCC/C=C/CC(C(=O)Nc2ccccc2)OC(=O)CC(O)C(C)(C)C(=O)C(C)C1O. The van der Waals surface area contributed by atoms with Gasteiger partial charge in [0.15, 0.2) is 6.10 Å². The average Bonchev–Trinajstić information content (AvgIpc) is 2.78. The van der Waals surface area contributed by atoms with Gasteiger partial charge in [-0.25, -0.2) is 0 Å². The van der Waals surface area contributed by atoms with Gasteiger partial charge in [-0.2, -0.15) is 0 Å². The zero-order valence-electron chi connectivity index (χ0n) is 20.0. The quantitative estimate of drug-likeness (QED) is 0.460. The minimum Gasteiger partial charge on any atom is -0.452 e. The molecule has 1 amide bonds. The Bertz CT molecular complexity index is 834. The molecular weight excluding hydrogens is 422 g/mol. The number of allylic oxidation sites excluding steroid dienone is 1. The van der Waals surface area contributed by atoms with E-state index in [1.165, 1.54) is 0 Å². The van der Waals surface area contributed by atoms with E-state index in [-0.39, 0.29) is 18.1 Å². The van der Waals surface area contributed by atoms with E-state index in [0.29, 0.717) is 5.69 Å². The van der Waals surface area contributed by atoms with Gasteiger partial charge in [-0.05, 0) is 37.3 Å². The van der Waals surface area contributed by atoms with Gasteiger partial charge in [0.25, 0.3) is 5.91 Å². The third kappa shape index (κ3) is 7.51. The van der Waals surface area contributed by atoms with Crippen LogP contribution < -0.4 is 5.32 Å². The number of ether oxygens (including phenoxy) is 1. The zero-order valence-corrected chi connectivity index (χ0v) is 20.0. The van der Waals surface area contributed by atoms with E-state index < -0.39 is 47.9 Å². The lowest BCUT2D eigenvalue weighted by Gasteiger charge is -2.34. The van der Waals surface area contributed by atoms with Crippen LogP contribution in [0.4, 0.5) is 5.69 Å². The Morgan fingerprint density at radius 3 is 2.42 bits per heavy atom. The third-order valence-electron chi connectivity index (χ3n) is 6.49. The van der Waals surface area contributed by atoms with Crippen molar-refractivity contribution in [3.63, 3.8) is 0 Å². The fourth-order valence-electron chi connectivity index (χ4n) is 4.04. The first-order valence-electron chi connectivity index (χ1n) is 11.6. The van der Waals surface area contributed by atoms with E-state index >= 15 is 0 Å². The lowest BCUT2D eigenvalue weighted by atomic mass is 9.73. The standard InChI is InChI=1S/C26H37NO6/c1-17-12-8-5-6-11-15-20(25(32)27-19-13-9-7-10-14-19)33-22(29)16-21(28)26(3,4)24(31)18(2)23(17)30/h6-7,9-11,13-14,17-18,20-21,23,28,30H,5,8,12,15-16H2,1-4H3,(H,27,32)/b11-6+. The molecule has 3 N–H and O–H groups in total. The van der Waals surface area contributed by atoms with Crippen LogP contribution in [0.3, 0.4) is 0 Å². The summed E-state index contributed by atoms with van der Waals surface area (Å²) in [6, 6.07) is 8.87. The number of benzene rings is 1. The molecule has 1 aliphatic rings. The summed E-state index contributed by atoms with van der Waals surface area (Å²) in [7, 11) is 0. The van der Waals surface area contributed by atoms with Crippen LogP contribution in [-0.2, 0) is 19.1 Å². The number of nitrogens with one attached hydrogen (secondary N) is 1. The number of amides is 1. The lowest BCUT2D eigenvalue weighted by molar-refractivity contribution is -0.159. The van der Waals surface area contributed by atoms with Crippen molar-refractivity contribution in [1.29, 1.82) is 0 Å². The van der Waals surface area contributed by atoms with Crippen molar-refractivity contribution < 1.29 is 29.3 Å². The van der Waals surface area contributed by atoms with Crippen LogP contribution in [0.25, 0.3) is 0 Å². The minimum atomic E-state index is -1.32. The predicted octanol–water partition coefficient (Wildman–Crippen LogP) is 3.65. The molecule has 5 unspecified atom stereocenters. The van der Waals surface area contributed by atoms with E-state index in [1.807, 2.05) is 25.1 Å². The van der Waals surface area contributed by atoms with Crippen LogP contribution in [0, 0.1) is 17.3 Å². The molecule has 0 saturated heterocycles. The van der Waals surface area contributed by atoms with Gasteiger partial charge in [0, 0.05) is 18.0 Å². The third-order valence-corrected chi connectivity index (χ3v) is 6.49. The molecular formula is C26H37NO6. The molecule has 1 aromatic rings. The van der Waals surface area contributed by atoms with Crippen molar-refractivity contribution in [2.45, 2.75) is 78.1 Å². The number of carbonyl (C=O) groups is 3. The molecule has 0 bridgehead atoms. The normalized spacial score (nSPS) is 30.8. The summed E-state index contributed by atoms with van der Waals surface area (Å²) in [6.07, 6.45) is 2.56. The largest absolute Gasteiger partial charge is 0.452 e. The highest BCUT2D eigenvalue weighted by Gasteiger charge is 2.42. The number of carbonyl (C=O) groups excluding carboxylic acids is 3. The van der Waals surface area contributed by atoms with Crippen molar-refractivity contribution in [2.75, 3.05) is 5.32 Å². The number of hydrogen-bond donors (Lipinski definition) is 3. The van der Waals surface area contributed by atoms with Gasteiger partial charge in [-0.15, -0.1) is 0 Å². The second-order valence-corrected chi connectivity index (χ2v) is 9.53. The van der Waals surface area contributed by atoms with E-state index in [1.54, 1.807) is 45.0 Å². The number of hydrogen-bond acceptors (Lipinski definition) is 6. The summed E-state index contributed by atoms with van der Waals surface area (Å²) < 4.78 is 5.43. The van der Waals surface area contributed by atoms with E-state index in [4.69, 9.17) is 4.74 Å². The van der Waals surface area contributed by atoms with Gasteiger partial charge in [-0.1, -0.05) is 58.0 Å². The number of rotatable bonds is 2. The summed E-state index contributed by atoms with van der Waals surface area (Å²) in [5, 5.41) is 24.1. The molecule has 0 fully saturated rings. The van der Waals surface area contributed by atoms with Crippen LogP contribution in [0.5, 0.6) is 0 Å². The first kappa shape index (κ1) is 26.7. The van der Waals surface area contributed by atoms with Crippen LogP contribution in [0.2, 0.25) is 0 Å². The van der Waals surface area contributed by atoms with Gasteiger partial charge in [0.1, 0.15) is 5.78 Å². The molecule has 0 aromatic heterocycles. The molecule has 33 heavy (non-hydrogen) atoms. The van der Waals surface area contributed by atoms with Crippen molar-refractivity contribution >= 4 is 23.3 Å². The Morgan fingerprint density at radius 2 is 1.76 bits per heavy atom. The molecule has 2 rings (SSSR count). The molecule has 0 saturated carbocycles. The topological polar surface area (TPSA) is 113 Å². The van der Waals surface area contributed by atoms with Crippen molar-refractivity contribution in [1.82, 2.24) is 0 Å². The Morgan fingerprint density at radius 1 is 1.09 bits per heavy atom. The van der Waals surface area contributed by atoms with Gasteiger partial charge in [-0.3, -0.25) is 14.4 Å². The first-order valence-corrected chi connectivity index (χ1v) is 11.6. The van der Waals surface area contributed by atoms with Crippen molar-refractivity contribution in [3.8, 4) is 0 Å². The fraction of sp³-hybridized carbons (Fsp3) is 0.577. The molecule has 1 aromatic carbocycles. The number of esters is 1. The van der Waals surface area contributed by atoms with Crippen LogP contribution in [0.1, 0.15) is 59.8 Å². The summed E-state index contributed by atoms with van der Waals surface area (Å²) in [4.78, 5) is 38.4. The number of anilines is 1. The predicted molar refractivity (Wildman–Crippen MR) is 126 cm³/mol. The summed E-state index contributed by atoms with van der Waals surface area (Å²) in [6.45, 7) is 6.69. The van der Waals surface area contributed by atoms with Crippen LogP contribution in [-0.4, -0.2) is 46.2 Å². The summed E-state index contributed by atoms with van der Waals surface area (Å²) in [5.41, 5.74) is -0.680. The van der Waals surface area contributed by atoms with Gasteiger partial charge in [0.2, 0.25) is 0 Å². The Labute approximate surface area is 196 Å². The molecule has 0 spiro atoms. The van der Waals surface area contributed by atoms with Gasteiger partial charge < -0.3 is 20.3 Å². The van der Waals surface area contributed by atoms with Crippen molar-refractivity contribution in [2.24, 2.45) is 17.3 Å². The average molecular weight is 460 g/mol. The molecule has 1 heterocycles. The van der Waals surface area contributed by atoms with E-state index in [9.17, 15) is 24.6 Å². The molecule has 1 aliphatic heterocycles. The fourth-order valence-corrected chi connectivity index (χ4v) is 4.04. The van der Waals surface area contributed by atoms with Crippen molar-refractivity contribution in [3.05, 3.63) is 42.5 Å². The number of aliphatic hydroxyl groups is 2. The maximum Gasteiger partial charge on any atom is 0.309 e. The number of aliphatic hydroxyl groups excluding tert-OH is 2. The van der Waals surface area contributed by atoms with E-state index in [0.717, 1.165) is 19.3 Å². The zero-order chi connectivity index (χ0) is 24.6. The Balaban J connectivity index is 2.22. The Hall–Kier alpha value is -2.51. The maximum atomic E-state index is 13.1. The maximum absolute atomic E-state index is 13.1. The summed E-state index contributed by atoms with van der Waals surface area (Å²) >= 11 is 0. The molecule has 5 atom stereocenters. The smallest absolute Gasteiger partial charge is 0.309 e. The summed E-state index contributed by atoms with van der Waals surface area (Å²) in [5.74, 6) is -2.32. The molecule has 0 radical (unpaired) electrons. The highest BCUT2D eigenvalue weighted by Crippen LogP contribution is 2.32. The molecule has 182 valence electrons. The number of Topliss-reactive ketones (excluding diaryl/α,β-unsaturated/α-hetero) is 1. The van der Waals surface area contributed by atoms with Gasteiger partial charge in [0.05, 0.1) is 24.0 Å². The van der Waals surface area contributed by atoms with E-state index in [2.05, 4.69) is 5.32 Å². The highest BCUT2D eigenvalue weighted by molar-refractivity contribution is 5.95. The Kier molecular flexibility index (Phi) is 9.80.